The molecule has 2 aromatic rings. The predicted molar refractivity (Wildman–Crippen MR) is 60.3 cm³/mol. The fraction of sp³-hybridized carbons (Fsp3) is 0.273. The molecule has 0 spiro atoms. The molecule has 2 N–H and O–H groups in total. The smallest absolute Gasteiger partial charge is 0.313 e. The number of hydrogen-bond acceptors (Lipinski definition) is 4. The van der Waals surface area contributed by atoms with Crippen molar-refractivity contribution >= 4 is 5.97 Å². The van der Waals surface area contributed by atoms with E-state index < -0.39 is 11.4 Å². The number of aliphatic carboxylic acids is 1. The number of carbonyl (C=O) groups is 1. The molecule has 0 amide bonds. The van der Waals surface area contributed by atoms with Gasteiger partial charge in [0.15, 0.2) is 0 Å². The van der Waals surface area contributed by atoms with E-state index in [1.807, 2.05) is 0 Å². The molecular formula is C11H12N4O2. The first kappa shape index (κ1) is 11.3. The van der Waals surface area contributed by atoms with Crippen molar-refractivity contribution in [3.8, 4) is 11.4 Å². The lowest BCUT2D eigenvalue weighted by molar-refractivity contribution is -0.142. The van der Waals surface area contributed by atoms with Crippen LogP contribution >= 0.6 is 0 Å². The molecule has 0 radical (unpaired) electrons. The Bertz CT molecular complexity index is 517. The number of carboxylic acid groups (broad SMARTS) is 1. The van der Waals surface area contributed by atoms with E-state index in [1.165, 1.54) is 0 Å². The Morgan fingerprint density at radius 1 is 1.29 bits per heavy atom. The molecule has 0 aliphatic heterocycles. The molecule has 88 valence electrons. The van der Waals surface area contributed by atoms with Crippen LogP contribution in [-0.2, 0) is 10.2 Å². The Kier molecular flexibility index (Phi) is 2.63. The minimum atomic E-state index is -0.907. The van der Waals surface area contributed by atoms with Crippen LogP contribution in [0.15, 0.2) is 24.3 Å². The monoisotopic (exact) mass is 232 g/mol. The molecule has 2 rings (SSSR count). The molecular weight excluding hydrogens is 220 g/mol. The third-order valence-electron chi connectivity index (χ3n) is 2.74. The normalized spacial score (nSPS) is 11.4. The van der Waals surface area contributed by atoms with Gasteiger partial charge in [-0.25, -0.2) is 0 Å². The zero-order valence-corrected chi connectivity index (χ0v) is 9.51. The van der Waals surface area contributed by atoms with Crippen molar-refractivity contribution in [2.75, 3.05) is 0 Å². The Balaban J connectivity index is 2.34. The van der Waals surface area contributed by atoms with E-state index in [0.29, 0.717) is 5.82 Å². The van der Waals surface area contributed by atoms with Gasteiger partial charge in [-0.05, 0) is 24.6 Å². The molecule has 0 fully saturated rings. The van der Waals surface area contributed by atoms with Gasteiger partial charge in [0.05, 0.1) is 5.41 Å². The van der Waals surface area contributed by atoms with Gasteiger partial charge >= 0.3 is 5.97 Å². The second-order valence-corrected chi connectivity index (χ2v) is 4.24. The zero-order valence-electron chi connectivity index (χ0n) is 9.51. The standard InChI is InChI=1S/C11H12N4O2/c1-11(2,10(16)17)8-5-3-7(4-6-8)9-12-14-15-13-9/h3-6H,1-2H3,(H,16,17)(H,12,13,14,15). The van der Waals surface area contributed by atoms with E-state index in [1.54, 1.807) is 38.1 Å². The van der Waals surface area contributed by atoms with Crippen molar-refractivity contribution in [2.45, 2.75) is 19.3 Å². The number of rotatable bonds is 3. The van der Waals surface area contributed by atoms with Crippen LogP contribution in [0.5, 0.6) is 0 Å². The SMILES string of the molecule is CC(C)(C(=O)O)c1ccc(-c2nn[nH]n2)cc1. The first-order valence-electron chi connectivity index (χ1n) is 5.09. The molecule has 0 aliphatic rings. The van der Waals surface area contributed by atoms with Gasteiger partial charge < -0.3 is 5.11 Å². The summed E-state index contributed by atoms with van der Waals surface area (Å²) < 4.78 is 0. The van der Waals surface area contributed by atoms with Crippen molar-refractivity contribution in [3.63, 3.8) is 0 Å². The van der Waals surface area contributed by atoms with Crippen molar-refractivity contribution in [3.05, 3.63) is 29.8 Å². The third-order valence-corrected chi connectivity index (χ3v) is 2.74. The van der Waals surface area contributed by atoms with Gasteiger partial charge in [-0.2, -0.15) is 5.21 Å². The van der Waals surface area contributed by atoms with Crippen LogP contribution in [0, 0.1) is 0 Å². The molecule has 0 atom stereocenters. The highest BCUT2D eigenvalue weighted by Crippen LogP contribution is 2.25. The lowest BCUT2D eigenvalue weighted by Gasteiger charge is -2.19. The maximum Gasteiger partial charge on any atom is 0.313 e. The molecule has 1 aromatic heterocycles. The number of benzene rings is 1. The Morgan fingerprint density at radius 3 is 2.41 bits per heavy atom. The van der Waals surface area contributed by atoms with Crippen LogP contribution in [-0.4, -0.2) is 31.7 Å². The average molecular weight is 232 g/mol. The number of aromatic amines is 1. The largest absolute Gasteiger partial charge is 0.481 e. The van der Waals surface area contributed by atoms with Crippen molar-refractivity contribution in [2.24, 2.45) is 0 Å². The van der Waals surface area contributed by atoms with E-state index in [9.17, 15) is 4.79 Å². The summed E-state index contributed by atoms with van der Waals surface area (Å²) >= 11 is 0. The quantitative estimate of drug-likeness (QED) is 0.830. The predicted octanol–water partition coefficient (Wildman–Crippen LogP) is 1.23. The van der Waals surface area contributed by atoms with Gasteiger partial charge in [0, 0.05) is 5.56 Å². The second-order valence-electron chi connectivity index (χ2n) is 4.24. The highest BCUT2D eigenvalue weighted by Gasteiger charge is 2.29. The first-order valence-corrected chi connectivity index (χ1v) is 5.09. The Labute approximate surface area is 97.7 Å². The van der Waals surface area contributed by atoms with Crippen molar-refractivity contribution in [1.29, 1.82) is 0 Å². The number of nitrogens with one attached hydrogen (secondary N) is 1. The zero-order chi connectivity index (χ0) is 12.5. The summed E-state index contributed by atoms with van der Waals surface area (Å²) in [6.07, 6.45) is 0. The van der Waals surface area contributed by atoms with Crippen LogP contribution in [0.4, 0.5) is 0 Å². The van der Waals surface area contributed by atoms with E-state index in [4.69, 9.17) is 5.11 Å². The molecule has 1 heterocycles. The summed E-state index contributed by atoms with van der Waals surface area (Å²) in [5, 5.41) is 22.6. The first-order chi connectivity index (χ1) is 8.01. The molecule has 6 heteroatoms. The summed E-state index contributed by atoms with van der Waals surface area (Å²) in [5.74, 6) is -0.366. The maximum atomic E-state index is 11.1. The fourth-order valence-corrected chi connectivity index (χ4v) is 1.44. The molecule has 6 nitrogen and oxygen atoms in total. The van der Waals surface area contributed by atoms with Crippen LogP contribution in [0.25, 0.3) is 11.4 Å². The Hall–Kier alpha value is -2.24. The van der Waals surface area contributed by atoms with Crippen LogP contribution < -0.4 is 0 Å². The van der Waals surface area contributed by atoms with Gasteiger partial charge in [-0.3, -0.25) is 4.79 Å². The van der Waals surface area contributed by atoms with E-state index in [-0.39, 0.29) is 0 Å². The number of nitrogens with zero attached hydrogens (tertiary/aromatic N) is 3. The van der Waals surface area contributed by atoms with Gasteiger partial charge in [-0.1, -0.05) is 24.3 Å². The van der Waals surface area contributed by atoms with Crippen LogP contribution in [0.1, 0.15) is 19.4 Å². The van der Waals surface area contributed by atoms with Crippen LogP contribution in [0.3, 0.4) is 0 Å². The molecule has 1 aromatic carbocycles. The number of H-pyrrole nitrogens is 1. The number of aromatic nitrogens is 4. The van der Waals surface area contributed by atoms with E-state index in [2.05, 4.69) is 20.6 Å². The molecule has 0 aliphatic carbocycles. The second kappa shape index (κ2) is 3.97. The van der Waals surface area contributed by atoms with Crippen molar-refractivity contribution in [1.82, 2.24) is 20.6 Å². The van der Waals surface area contributed by atoms with Gasteiger partial charge in [0.1, 0.15) is 0 Å². The van der Waals surface area contributed by atoms with Gasteiger partial charge in [-0.15, -0.1) is 10.2 Å². The molecule has 0 saturated carbocycles. The number of carboxylic acids is 1. The molecule has 0 saturated heterocycles. The Morgan fingerprint density at radius 2 is 1.94 bits per heavy atom. The topological polar surface area (TPSA) is 91.8 Å². The van der Waals surface area contributed by atoms with Gasteiger partial charge in [0.2, 0.25) is 5.82 Å². The summed E-state index contributed by atoms with van der Waals surface area (Å²) in [5.41, 5.74) is 0.622. The van der Waals surface area contributed by atoms with E-state index >= 15 is 0 Å². The molecule has 0 unspecified atom stereocenters. The lowest BCUT2D eigenvalue weighted by Crippen LogP contribution is -2.28. The fourth-order valence-electron chi connectivity index (χ4n) is 1.44. The van der Waals surface area contributed by atoms with Crippen LogP contribution in [0.2, 0.25) is 0 Å². The summed E-state index contributed by atoms with van der Waals surface area (Å²) in [6.45, 7) is 3.33. The molecule has 17 heavy (non-hydrogen) atoms. The highest BCUT2D eigenvalue weighted by atomic mass is 16.4. The minimum Gasteiger partial charge on any atom is -0.481 e. The number of tetrazole rings is 1. The average Bonchev–Trinajstić information content (AvgIpc) is 2.82. The van der Waals surface area contributed by atoms with Crippen molar-refractivity contribution < 1.29 is 9.90 Å². The summed E-state index contributed by atoms with van der Waals surface area (Å²) in [4.78, 5) is 11.1. The van der Waals surface area contributed by atoms with Gasteiger partial charge in [0.25, 0.3) is 0 Å². The highest BCUT2D eigenvalue weighted by molar-refractivity contribution is 5.80. The third kappa shape index (κ3) is 2.01. The summed E-state index contributed by atoms with van der Waals surface area (Å²) in [7, 11) is 0. The molecule has 0 bridgehead atoms. The number of hydrogen-bond donors (Lipinski definition) is 2. The maximum absolute atomic E-state index is 11.1. The summed E-state index contributed by atoms with van der Waals surface area (Å²) in [6, 6.07) is 7.09. The lowest BCUT2D eigenvalue weighted by atomic mass is 9.84. The van der Waals surface area contributed by atoms with E-state index in [0.717, 1.165) is 11.1 Å². The minimum absolute atomic E-state index is 0.490.